The number of carboxylic acids is 1. The zero-order chi connectivity index (χ0) is 11.7. The number of nitriles is 1. The van der Waals surface area contributed by atoms with Crippen LogP contribution in [-0.4, -0.2) is 20.9 Å². The summed E-state index contributed by atoms with van der Waals surface area (Å²) < 4.78 is 1.50. The lowest BCUT2D eigenvalue weighted by molar-refractivity contribution is 0.0697. The number of aryl methyl sites for hydroxylation is 1. The fourth-order valence-electron chi connectivity index (χ4n) is 1.41. The zero-order valence-electron chi connectivity index (χ0n) is 8.34. The number of carboxylic acid groups (broad SMARTS) is 1. The van der Waals surface area contributed by atoms with Crippen LogP contribution in [0, 0.1) is 11.3 Å². The van der Waals surface area contributed by atoms with E-state index in [4.69, 9.17) is 10.4 Å². The molecule has 0 aliphatic carbocycles. The van der Waals surface area contributed by atoms with Gasteiger partial charge in [0.2, 0.25) is 0 Å². The largest absolute Gasteiger partial charge is 0.478 e. The summed E-state index contributed by atoms with van der Waals surface area (Å²) in [5, 5.41) is 21.6. The molecule has 0 aliphatic rings. The number of aromatic nitrogens is 2. The summed E-state index contributed by atoms with van der Waals surface area (Å²) >= 11 is 1.25. The lowest BCUT2D eigenvalue weighted by atomic mass is 10.2. The van der Waals surface area contributed by atoms with Gasteiger partial charge in [-0.05, 0) is 12.1 Å². The van der Waals surface area contributed by atoms with Crippen molar-refractivity contribution in [1.29, 1.82) is 5.26 Å². The van der Waals surface area contributed by atoms with Crippen LogP contribution in [0.3, 0.4) is 0 Å². The topological polar surface area (TPSA) is 78.9 Å². The Bertz CT molecular complexity index is 591. The summed E-state index contributed by atoms with van der Waals surface area (Å²) in [4.78, 5) is 12.3. The highest BCUT2D eigenvalue weighted by Gasteiger charge is 2.18. The van der Waals surface area contributed by atoms with Crippen molar-refractivity contribution >= 4 is 17.3 Å². The molecule has 0 aromatic carbocycles. The summed E-state index contributed by atoms with van der Waals surface area (Å²) in [6.07, 6.45) is 1.31. The molecule has 0 radical (unpaired) electrons. The van der Waals surface area contributed by atoms with Gasteiger partial charge in [-0.15, -0.1) is 11.3 Å². The minimum atomic E-state index is -1.02. The maximum absolute atomic E-state index is 11.0. The Hall–Kier alpha value is -2.13. The smallest absolute Gasteiger partial charge is 0.339 e. The normalized spacial score (nSPS) is 10.0. The lowest BCUT2D eigenvalue weighted by Gasteiger charge is -1.99. The van der Waals surface area contributed by atoms with Crippen molar-refractivity contribution in [3.63, 3.8) is 0 Å². The molecule has 2 rings (SSSR count). The van der Waals surface area contributed by atoms with E-state index in [-0.39, 0.29) is 5.56 Å². The fourth-order valence-corrected chi connectivity index (χ4v) is 2.30. The van der Waals surface area contributed by atoms with E-state index in [0.29, 0.717) is 10.6 Å². The van der Waals surface area contributed by atoms with E-state index in [0.717, 1.165) is 4.88 Å². The molecule has 0 aliphatic heterocycles. The van der Waals surface area contributed by atoms with Gasteiger partial charge in [0.25, 0.3) is 0 Å². The quantitative estimate of drug-likeness (QED) is 0.856. The fraction of sp³-hybridized carbons (Fsp3) is 0.100. The molecule has 0 saturated heterocycles. The molecule has 0 saturated carbocycles. The van der Waals surface area contributed by atoms with Crippen molar-refractivity contribution in [2.75, 3.05) is 0 Å². The van der Waals surface area contributed by atoms with E-state index in [2.05, 4.69) is 5.10 Å². The van der Waals surface area contributed by atoms with Gasteiger partial charge in [0.05, 0.1) is 16.8 Å². The van der Waals surface area contributed by atoms with Gasteiger partial charge in [-0.2, -0.15) is 10.4 Å². The number of aromatic carboxylic acids is 1. The second kappa shape index (κ2) is 3.79. The minimum absolute atomic E-state index is 0.147. The average molecular weight is 233 g/mol. The van der Waals surface area contributed by atoms with Gasteiger partial charge in [0.15, 0.2) is 0 Å². The SMILES string of the molecule is Cn1ncc(C(=O)O)c1-c1ccc(C#N)s1. The van der Waals surface area contributed by atoms with E-state index < -0.39 is 5.97 Å². The van der Waals surface area contributed by atoms with Crippen LogP contribution in [-0.2, 0) is 7.05 Å². The van der Waals surface area contributed by atoms with E-state index in [9.17, 15) is 4.79 Å². The van der Waals surface area contributed by atoms with Crippen LogP contribution in [0.4, 0.5) is 0 Å². The number of rotatable bonds is 2. The van der Waals surface area contributed by atoms with Crippen LogP contribution < -0.4 is 0 Å². The zero-order valence-corrected chi connectivity index (χ0v) is 9.15. The predicted octanol–water partition coefficient (Wildman–Crippen LogP) is 1.72. The highest BCUT2D eigenvalue weighted by Crippen LogP contribution is 2.29. The van der Waals surface area contributed by atoms with E-state index in [1.807, 2.05) is 6.07 Å². The molecule has 80 valence electrons. The molecule has 0 fully saturated rings. The molecule has 5 nitrogen and oxygen atoms in total. The summed E-state index contributed by atoms with van der Waals surface area (Å²) in [6, 6.07) is 5.41. The first-order chi connectivity index (χ1) is 7.63. The van der Waals surface area contributed by atoms with Gasteiger partial charge < -0.3 is 5.11 Å². The van der Waals surface area contributed by atoms with Crippen molar-refractivity contribution in [1.82, 2.24) is 9.78 Å². The molecular weight excluding hydrogens is 226 g/mol. The van der Waals surface area contributed by atoms with Gasteiger partial charge in [-0.25, -0.2) is 4.79 Å². The minimum Gasteiger partial charge on any atom is -0.478 e. The highest BCUT2D eigenvalue weighted by molar-refractivity contribution is 7.16. The Morgan fingerprint density at radius 2 is 2.38 bits per heavy atom. The second-order valence-electron chi connectivity index (χ2n) is 3.11. The molecule has 0 atom stereocenters. The second-order valence-corrected chi connectivity index (χ2v) is 4.20. The first-order valence-electron chi connectivity index (χ1n) is 4.39. The van der Waals surface area contributed by atoms with Crippen molar-refractivity contribution in [2.45, 2.75) is 0 Å². The molecular formula is C10H7N3O2S. The molecule has 0 spiro atoms. The summed E-state index contributed by atoms with van der Waals surface area (Å²) in [5.41, 5.74) is 0.674. The Kier molecular flexibility index (Phi) is 2.46. The van der Waals surface area contributed by atoms with E-state index in [1.165, 1.54) is 22.2 Å². The van der Waals surface area contributed by atoms with Gasteiger partial charge >= 0.3 is 5.97 Å². The van der Waals surface area contributed by atoms with Crippen LogP contribution in [0.15, 0.2) is 18.3 Å². The number of carbonyl (C=O) groups is 1. The van der Waals surface area contributed by atoms with Gasteiger partial charge in [0.1, 0.15) is 16.5 Å². The molecule has 0 unspecified atom stereocenters. The molecule has 2 heterocycles. The summed E-state index contributed by atoms with van der Waals surface area (Å²) in [7, 11) is 1.67. The first-order valence-corrected chi connectivity index (χ1v) is 5.20. The number of thiophene rings is 1. The molecule has 0 amide bonds. The molecule has 2 aromatic rings. The van der Waals surface area contributed by atoms with Crippen LogP contribution in [0.1, 0.15) is 15.2 Å². The lowest BCUT2D eigenvalue weighted by Crippen LogP contribution is -1.99. The standard InChI is InChI=1S/C10H7N3O2S/c1-13-9(7(5-12-13)10(14)15)8-3-2-6(4-11)16-8/h2-3,5H,1H3,(H,14,15). The third-order valence-corrected chi connectivity index (χ3v) is 3.12. The van der Waals surface area contributed by atoms with Crippen molar-refractivity contribution < 1.29 is 9.90 Å². The number of hydrogen-bond donors (Lipinski definition) is 1. The molecule has 0 bridgehead atoms. The van der Waals surface area contributed by atoms with E-state index in [1.54, 1.807) is 19.2 Å². The molecule has 2 aromatic heterocycles. The highest BCUT2D eigenvalue weighted by atomic mass is 32.1. The van der Waals surface area contributed by atoms with Crippen LogP contribution in [0.2, 0.25) is 0 Å². The maximum atomic E-state index is 11.0. The predicted molar refractivity (Wildman–Crippen MR) is 58.2 cm³/mol. The van der Waals surface area contributed by atoms with Crippen molar-refractivity contribution in [3.8, 4) is 16.6 Å². The monoisotopic (exact) mass is 233 g/mol. The molecule has 16 heavy (non-hydrogen) atoms. The maximum Gasteiger partial charge on any atom is 0.339 e. The van der Waals surface area contributed by atoms with Crippen LogP contribution in [0.25, 0.3) is 10.6 Å². The van der Waals surface area contributed by atoms with Gasteiger partial charge in [-0.1, -0.05) is 0 Å². The molecule has 1 N–H and O–H groups in total. The number of nitrogens with zero attached hydrogens (tertiary/aromatic N) is 3. The Balaban J connectivity index is 2.59. The average Bonchev–Trinajstić information content (AvgIpc) is 2.83. The van der Waals surface area contributed by atoms with E-state index >= 15 is 0 Å². The van der Waals surface area contributed by atoms with Crippen molar-refractivity contribution in [3.05, 3.63) is 28.8 Å². The Labute approximate surface area is 95.2 Å². The number of hydrogen-bond acceptors (Lipinski definition) is 4. The summed E-state index contributed by atoms with van der Waals surface area (Å²) in [6.45, 7) is 0. The van der Waals surface area contributed by atoms with Crippen LogP contribution in [0.5, 0.6) is 0 Å². The van der Waals surface area contributed by atoms with Gasteiger partial charge in [0, 0.05) is 7.05 Å². The third kappa shape index (κ3) is 1.57. The first kappa shape index (κ1) is 10.4. The Morgan fingerprint density at radius 3 is 2.94 bits per heavy atom. The van der Waals surface area contributed by atoms with Crippen molar-refractivity contribution in [2.24, 2.45) is 7.05 Å². The third-order valence-electron chi connectivity index (χ3n) is 2.12. The van der Waals surface area contributed by atoms with Gasteiger partial charge in [-0.3, -0.25) is 4.68 Å². The summed E-state index contributed by atoms with van der Waals surface area (Å²) in [5.74, 6) is -1.02. The molecule has 6 heteroatoms. The van der Waals surface area contributed by atoms with Crippen LogP contribution >= 0.6 is 11.3 Å². The Morgan fingerprint density at radius 1 is 1.62 bits per heavy atom.